The molecular weight excluding hydrogens is 276 g/mol. The van der Waals surface area contributed by atoms with Gasteiger partial charge >= 0.3 is 11.9 Å². The summed E-state index contributed by atoms with van der Waals surface area (Å²) >= 11 is 0. The summed E-state index contributed by atoms with van der Waals surface area (Å²) in [6.45, 7) is 8.83. The number of carbonyl (C=O) groups is 2. The van der Waals surface area contributed by atoms with Crippen molar-refractivity contribution in [1.29, 1.82) is 0 Å². The molecule has 20 heavy (non-hydrogen) atoms. The van der Waals surface area contributed by atoms with Crippen molar-refractivity contribution in [2.75, 3.05) is 20.8 Å². The van der Waals surface area contributed by atoms with E-state index in [1.54, 1.807) is 0 Å². The molecule has 1 saturated carbocycles. The van der Waals surface area contributed by atoms with Crippen molar-refractivity contribution in [3.05, 3.63) is 0 Å². The van der Waals surface area contributed by atoms with Gasteiger partial charge in [0.25, 0.3) is 0 Å². The summed E-state index contributed by atoms with van der Waals surface area (Å²) in [5.74, 6) is -1.05. The molecule has 5 nitrogen and oxygen atoms in total. The monoisotopic (exact) mass is 300 g/mol. The first-order valence-electron chi connectivity index (χ1n) is 7.12. The fraction of sp³-hybridized carbons (Fsp3) is 0.857. The Morgan fingerprint density at radius 1 is 1.15 bits per heavy atom. The molecule has 0 bridgehead atoms. The Morgan fingerprint density at radius 3 is 2.10 bits per heavy atom. The van der Waals surface area contributed by atoms with Gasteiger partial charge in [-0.2, -0.15) is 0 Å². The summed E-state index contributed by atoms with van der Waals surface area (Å²) in [5, 5.41) is -0.753. The minimum Gasteiger partial charge on any atom is -0.469 e. The van der Waals surface area contributed by atoms with Gasteiger partial charge in [-0.25, -0.2) is 0 Å². The predicted molar refractivity (Wildman–Crippen MR) is 75.6 cm³/mol. The topological polar surface area (TPSA) is 61.8 Å². The molecule has 0 aromatic carbocycles. The fourth-order valence-corrected chi connectivity index (χ4v) is 11.2. The lowest BCUT2D eigenvalue weighted by Crippen LogP contribution is -2.52. The summed E-state index contributed by atoms with van der Waals surface area (Å²) in [6.07, 6.45) is 0. The lowest BCUT2D eigenvalue weighted by atomic mass is 10.3. The van der Waals surface area contributed by atoms with Crippen LogP contribution in [0.1, 0.15) is 27.7 Å². The fourth-order valence-electron chi connectivity index (χ4n) is 4.61. The second kappa shape index (κ2) is 4.84. The van der Waals surface area contributed by atoms with Crippen LogP contribution in [0.4, 0.5) is 0 Å². The third-order valence-electron chi connectivity index (χ3n) is 5.21. The van der Waals surface area contributed by atoms with Crippen molar-refractivity contribution in [3.63, 3.8) is 0 Å². The highest BCUT2D eigenvalue weighted by atomic mass is 28.4. The van der Waals surface area contributed by atoms with Crippen molar-refractivity contribution in [1.82, 2.24) is 0 Å². The van der Waals surface area contributed by atoms with E-state index < -0.39 is 13.4 Å². The summed E-state index contributed by atoms with van der Waals surface area (Å²) < 4.78 is 16.2. The summed E-state index contributed by atoms with van der Waals surface area (Å²) in [4.78, 5) is 24.6. The zero-order chi connectivity index (χ0) is 15.3. The maximum absolute atomic E-state index is 12.6. The number of methoxy groups -OCH3 is 2. The molecule has 6 heteroatoms. The predicted octanol–water partition coefficient (Wildman–Crippen LogP) is 2.11. The van der Waals surface area contributed by atoms with E-state index in [0.29, 0.717) is 6.61 Å². The van der Waals surface area contributed by atoms with Crippen molar-refractivity contribution >= 4 is 20.3 Å². The number of hydrogen-bond donors (Lipinski definition) is 0. The molecule has 2 fully saturated rings. The zero-order valence-electron chi connectivity index (χ0n) is 13.1. The van der Waals surface area contributed by atoms with Gasteiger partial charge in [-0.15, -0.1) is 0 Å². The average Bonchev–Trinajstić information content (AvgIpc) is 2.94. The van der Waals surface area contributed by atoms with Gasteiger partial charge in [-0.1, -0.05) is 27.7 Å². The van der Waals surface area contributed by atoms with Crippen molar-refractivity contribution in [3.8, 4) is 0 Å². The number of esters is 2. The van der Waals surface area contributed by atoms with Crippen molar-refractivity contribution in [2.45, 2.75) is 43.8 Å². The molecule has 0 spiro atoms. The van der Waals surface area contributed by atoms with Crippen LogP contribution in [-0.2, 0) is 23.5 Å². The molecule has 0 aromatic heterocycles. The largest absolute Gasteiger partial charge is 0.469 e. The van der Waals surface area contributed by atoms with Crippen LogP contribution in [0.15, 0.2) is 0 Å². The Bertz CT molecular complexity index is 425. The SMILES string of the molecule is COC(=O)[C@@H]1[C@H]2CO[Si](C(C)C)(C(C)C)[C@]21C(=O)OC. The first kappa shape index (κ1) is 15.5. The lowest BCUT2D eigenvalue weighted by molar-refractivity contribution is -0.148. The zero-order valence-corrected chi connectivity index (χ0v) is 14.1. The number of carbonyl (C=O) groups excluding carboxylic acids is 2. The molecule has 1 aliphatic carbocycles. The Morgan fingerprint density at radius 2 is 1.70 bits per heavy atom. The van der Waals surface area contributed by atoms with Gasteiger partial charge in [0.2, 0.25) is 8.32 Å². The quantitative estimate of drug-likeness (QED) is 0.588. The smallest absolute Gasteiger partial charge is 0.312 e. The molecule has 0 unspecified atom stereocenters. The van der Waals surface area contributed by atoms with E-state index in [0.717, 1.165) is 0 Å². The summed E-state index contributed by atoms with van der Waals surface area (Å²) in [7, 11) is 0.291. The van der Waals surface area contributed by atoms with Gasteiger partial charge in [-0.3, -0.25) is 9.59 Å². The van der Waals surface area contributed by atoms with Gasteiger partial charge in [0.15, 0.2) is 0 Å². The van der Waals surface area contributed by atoms with Crippen LogP contribution < -0.4 is 0 Å². The molecule has 2 rings (SSSR count). The molecule has 1 saturated heterocycles. The van der Waals surface area contributed by atoms with Crippen molar-refractivity contribution < 1.29 is 23.5 Å². The normalized spacial score (nSPS) is 34.0. The van der Waals surface area contributed by atoms with Crippen molar-refractivity contribution in [2.24, 2.45) is 11.8 Å². The highest BCUT2D eigenvalue weighted by molar-refractivity contribution is 6.84. The summed E-state index contributed by atoms with van der Waals surface area (Å²) in [6, 6.07) is 0. The molecule has 1 heterocycles. The van der Waals surface area contributed by atoms with Gasteiger partial charge in [0.1, 0.15) is 5.04 Å². The lowest BCUT2D eigenvalue weighted by Gasteiger charge is -2.41. The number of rotatable bonds is 4. The van der Waals surface area contributed by atoms with E-state index in [1.165, 1.54) is 14.2 Å². The van der Waals surface area contributed by atoms with Crippen LogP contribution in [0, 0.1) is 11.8 Å². The highest BCUT2D eigenvalue weighted by Gasteiger charge is 2.88. The van der Waals surface area contributed by atoms with Crippen LogP contribution in [0.3, 0.4) is 0 Å². The van der Waals surface area contributed by atoms with Gasteiger partial charge in [0, 0.05) is 12.5 Å². The minimum absolute atomic E-state index is 0.0705. The van der Waals surface area contributed by atoms with Gasteiger partial charge in [-0.05, 0) is 11.1 Å². The Balaban J connectivity index is 2.55. The molecular formula is C14H24O5Si. The average molecular weight is 300 g/mol. The van der Waals surface area contributed by atoms with Crippen LogP contribution in [0.25, 0.3) is 0 Å². The molecule has 0 radical (unpaired) electrons. The number of ether oxygens (including phenoxy) is 2. The van der Waals surface area contributed by atoms with E-state index in [-0.39, 0.29) is 34.9 Å². The highest BCUT2D eigenvalue weighted by Crippen LogP contribution is 2.79. The second-order valence-corrected chi connectivity index (χ2v) is 11.4. The van der Waals surface area contributed by atoms with E-state index in [1.807, 2.05) is 0 Å². The Kier molecular flexibility index (Phi) is 3.75. The van der Waals surface area contributed by atoms with Crippen LogP contribution >= 0.6 is 0 Å². The molecule has 114 valence electrons. The number of hydrogen-bond acceptors (Lipinski definition) is 5. The van der Waals surface area contributed by atoms with E-state index in [4.69, 9.17) is 13.9 Å². The minimum atomic E-state index is -2.47. The van der Waals surface area contributed by atoms with E-state index in [9.17, 15) is 9.59 Å². The Labute approximate surface area is 121 Å². The molecule has 0 amide bonds. The first-order valence-corrected chi connectivity index (χ1v) is 9.18. The van der Waals surface area contributed by atoms with E-state index in [2.05, 4.69) is 27.7 Å². The van der Waals surface area contributed by atoms with Gasteiger partial charge in [0.05, 0.1) is 20.1 Å². The van der Waals surface area contributed by atoms with Crippen LogP contribution in [-0.4, -0.2) is 41.1 Å². The standard InChI is InChI=1S/C14H24O5Si/c1-8(2)20(9(3)4)14(13(16)18-6)10(7-19-20)11(14)12(15)17-5/h8-11H,7H2,1-6H3/t10-,11+,14-/m1/s1. The first-order chi connectivity index (χ1) is 9.32. The third-order valence-corrected chi connectivity index (χ3v) is 11.5. The Hall–Kier alpha value is -0.883. The maximum Gasteiger partial charge on any atom is 0.312 e. The number of fused-ring (bicyclic) bond motifs is 1. The molecule has 2 aliphatic rings. The maximum atomic E-state index is 12.6. The summed E-state index contributed by atoms with van der Waals surface area (Å²) in [5.41, 5.74) is 0.475. The molecule has 0 N–H and O–H groups in total. The van der Waals surface area contributed by atoms with E-state index >= 15 is 0 Å². The second-order valence-electron chi connectivity index (χ2n) is 6.38. The third kappa shape index (κ3) is 1.52. The van der Waals surface area contributed by atoms with Crippen LogP contribution in [0.2, 0.25) is 16.1 Å². The van der Waals surface area contributed by atoms with Crippen LogP contribution in [0.5, 0.6) is 0 Å². The van der Waals surface area contributed by atoms with Gasteiger partial charge < -0.3 is 13.9 Å². The molecule has 0 aromatic rings. The molecule has 1 aliphatic heterocycles. The molecule has 3 atom stereocenters.